The smallest absolute Gasteiger partial charge is 0.251 e. The highest BCUT2D eigenvalue weighted by molar-refractivity contribution is 7.99. The van der Waals surface area contributed by atoms with Crippen molar-refractivity contribution in [3.8, 4) is 0 Å². The van der Waals surface area contributed by atoms with Crippen molar-refractivity contribution < 1.29 is 9.59 Å². The normalized spacial score (nSPS) is 11.1. The van der Waals surface area contributed by atoms with E-state index in [2.05, 4.69) is 10.6 Å². The predicted octanol–water partition coefficient (Wildman–Crippen LogP) is 4.74. The lowest BCUT2D eigenvalue weighted by atomic mass is 10.1. The zero-order chi connectivity index (χ0) is 19.2. The molecule has 0 fully saturated rings. The number of carbonyl (C=O) groups is 2. The number of rotatable bonds is 6. The maximum absolute atomic E-state index is 12.1. The van der Waals surface area contributed by atoms with Crippen LogP contribution in [0.5, 0.6) is 0 Å². The van der Waals surface area contributed by atoms with Crippen LogP contribution in [0.1, 0.15) is 36.7 Å². The summed E-state index contributed by atoms with van der Waals surface area (Å²) in [6.07, 6.45) is 0. The van der Waals surface area contributed by atoms with E-state index in [1.165, 1.54) is 11.8 Å². The van der Waals surface area contributed by atoms with Crippen LogP contribution in [0.4, 0.5) is 5.69 Å². The summed E-state index contributed by atoms with van der Waals surface area (Å²) in [5.74, 6) is 0.918. The molecule has 0 heterocycles. The Morgan fingerprint density at radius 1 is 1.00 bits per heavy atom. The molecule has 0 aliphatic heterocycles. The lowest BCUT2D eigenvalue weighted by Crippen LogP contribution is -2.40. The van der Waals surface area contributed by atoms with Crippen molar-refractivity contribution in [2.24, 2.45) is 0 Å². The minimum absolute atomic E-state index is 0.0569. The molecular weight excluding hydrogens is 368 g/mol. The second kappa shape index (κ2) is 9.10. The molecule has 26 heavy (non-hydrogen) atoms. The fourth-order valence-corrected chi connectivity index (χ4v) is 3.07. The summed E-state index contributed by atoms with van der Waals surface area (Å²) in [6, 6.07) is 14.5. The average molecular weight is 391 g/mol. The molecule has 0 aromatic heterocycles. The summed E-state index contributed by atoms with van der Waals surface area (Å²) in [5, 5.41) is 6.40. The van der Waals surface area contributed by atoms with E-state index in [0.29, 0.717) is 22.1 Å². The third-order valence-electron chi connectivity index (χ3n) is 3.33. The van der Waals surface area contributed by atoms with Crippen LogP contribution in [0.25, 0.3) is 0 Å². The molecule has 0 spiro atoms. The summed E-state index contributed by atoms with van der Waals surface area (Å²) in [5.41, 5.74) is 2.17. The summed E-state index contributed by atoms with van der Waals surface area (Å²) >= 11 is 7.34. The monoisotopic (exact) mass is 390 g/mol. The molecule has 0 saturated heterocycles. The SMILES string of the molecule is CC(C)(C)NC(=O)c1ccc(CSCC(=O)Nc2ccc(Cl)cc2)cc1. The predicted molar refractivity (Wildman–Crippen MR) is 110 cm³/mol. The van der Waals surface area contributed by atoms with Crippen LogP contribution >= 0.6 is 23.4 Å². The molecule has 2 amide bonds. The van der Waals surface area contributed by atoms with E-state index in [0.717, 1.165) is 11.3 Å². The van der Waals surface area contributed by atoms with Crippen LogP contribution < -0.4 is 10.6 Å². The molecule has 0 radical (unpaired) electrons. The van der Waals surface area contributed by atoms with Crippen LogP contribution in [-0.4, -0.2) is 23.1 Å². The lowest BCUT2D eigenvalue weighted by Gasteiger charge is -2.20. The van der Waals surface area contributed by atoms with E-state index in [4.69, 9.17) is 11.6 Å². The molecule has 2 rings (SSSR count). The largest absolute Gasteiger partial charge is 0.347 e. The van der Waals surface area contributed by atoms with Crippen molar-refractivity contribution in [2.45, 2.75) is 32.1 Å². The van der Waals surface area contributed by atoms with Gasteiger partial charge in [-0.25, -0.2) is 0 Å². The summed E-state index contributed by atoms with van der Waals surface area (Å²) in [7, 11) is 0. The standard InChI is InChI=1S/C20H23ClN2O2S/c1-20(2,3)23-19(25)15-6-4-14(5-7-15)12-26-13-18(24)22-17-10-8-16(21)9-11-17/h4-11H,12-13H2,1-3H3,(H,22,24)(H,23,25). The van der Waals surface area contributed by atoms with Crippen molar-refractivity contribution in [2.75, 3.05) is 11.1 Å². The van der Waals surface area contributed by atoms with Gasteiger partial charge in [-0.15, -0.1) is 11.8 Å². The highest BCUT2D eigenvalue weighted by atomic mass is 35.5. The van der Waals surface area contributed by atoms with Crippen LogP contribution in [0, 0.1) is 0 Å². The Bertz CT molecular complexity index is 753. The van der Waals surface area contributed by atoms with E-state index in [1.807, 2.05) is 45.0 Å². The van der Waals surface area contributed by atoms with Crippen molar-refractivity contribution in [3.63, 3.8) is 0 Å². The Hall–Kier alpha value is -1.98. The quantitative estimate of drug-likeness (QED) is 0.748. The van der Waals surface area contributed by atoms with Crippen molar-refractivity contribution in [1.82, 2.24) is 5.32 Å². The molecule has 2 N–H and O–H groups in total. The molecule has 0 bridgehead atoms. The molecule has 0 aliphatic rings. The van der Waals surface area contributed by atoms with Gasteiger partial charge in [-0.3, -0.25) is 9.59 Å². The molecule has 2 aromatic rings. The number of amides is 2. The summed E-state index contributed by atoms with van der Waals surface area (Å²) < 4.78 is 0. The minimum atomic E-state index is -0.261. The van der Waals surface area contributed by atoms with E-state index in [9.17, 15) is 9.59 Å². The van der Waals surface area contributed by atoms with E-state index >= 15 is 0 Å². The number of carbonyl (C=O) groups excluding carboxylic acids is 2. The van der Waals surface area contributed by atoms with Gasteiger partial charge in [0.15, 0.2) is 0 Å². The van der Waals surface area contributed by atoms with Gasteiger partial charge in [0.2, 0.25) is 5.91 Å². The van der Waals surface area contributed by atoms with E-state index in [-0.39, 0.29) is 17.4 Å². The van der Waals surface area contributed by atoms with Gasteiger partial charge in [-0.05, 0) is 62.7 Å². The Labute approximate surface area is 163 Å². The summed E-state index contributed by atoms with van der Waals surface area (Å²) in [6.45, 7) is 5.85. The first kappa shape index (κ1) is 20.3. The fraction of sp³-hybridized carbons (Fsp3) is 0.300. The number of hydrogen-bond donors (Lipinski definition) is 2. The van der Waals surface area contributed by atoms with Crippen LogP contribution in [-0.2, 0) is 10.5 Å². The molecule has 0 aliphatic carbocycles. The zero-order valence-electron chi connectivity index (χ0n) is 15.1. The maximum Gasteiger partial charge on any atom is 0.251 e. The second-order valence-electron chi connectivity index (χ2n) is 6.95. The number of benzene rings is 2. The minimum Gasteiger partial charge on any atom is -0.347 e. The molecule has 0 unspecified atom stereocenters. The van der Waals surface area contributed by atoms with Gasteiger partial charge < -0.3 is 10.6 Å². The molecule has 0 atom stereocenters. The molecule has 0 saturated carbocycles. The molecule has 2 aromatic carbocycles. The van der Waals surface area contributed by atoms with E-state index < -0.39 is 0 Å². The molecule has 138 valence electrons. The summed E-state index contributed by atoms with van der Waals surface area (Å²) in [4.78, 5) is 24.0. The Kier molecular flexibility index (Phi) is 7.12. The molecule has 4 nitrogen and oxygen atoms in total. The van der Waals surface area contributed by atoms with Gasteiger partial charge in [0.25, 0.3) is 5.91 Å². The second-order valence-corrected chi connectivity index (χ2v) is 8.37. The van der Waals surface area contributed by atoms with Crippen molar-refractivity contribution >= 4 is 40.9 Å². The number of thioether (sulfide) groups is 1. The van der Waals surface area contributed by atoms with Gasteiger partial charge in [-0.2, -0.15) is 0 Å². The highest BCUT2D eigenvalue weighted by Gasteiger charge is 2.15. The van der Waals surface area contributed by atoms with Gasteiger partial charge in [0, 0.05) is 27.6 Å². The van der Waals surface area contributed by atoms with E-state index in [1.54, 1.807) is 24.3 Å². The number of nitrogens with one attached hydrogen (secondary N) is 2. The first-order valence-corrected chi connectivity index (χ1v) is 9.81. The van der Waals surface area contributed by atoms with Crippen molar-refractivity contribution in [1.29, 1.82) is 0 Å². The van der Waals surface area contributed by atoms with Crippen LogP contribution in [0.3, 0.4) is 0 Å². The van der Waals surface area contributed by atoms with Gasteiger partial charge in [0.05, 0.1) is 5.75 Å². The first-order chi connectivity index (χ1) is 12.2. The van der Waals surface area contributed by atoms with Gasteiger partial charge in [-0.1, -0.05) is 23.7 Å². The number of anilines is 1. The molecule has 6 heteroatoms. The zero-order valence-corrected chi connectivity index (χ0v) is 16.7. The number of halogens is 1. The fourth-order valence-electron chi connectivity index (χ4n) is 2.16. The van der Waals surface area contributed by atoms with Gasteiger partial charge >= 0.3 is 0 Å². The lowest BCUT2D eigenvalue weighted by molar-refractivity contribution is -0.113. The van der Waals surface area contributed by atoms with Crippen LogP contribution in [0.2, 0.25) is 5.02 Å². The maximum atomic E-state index is 12.1. The van der Waals surface area contributed by atoms with Gasteiger partial charge in [0.1, 0.15) is 0 Å². The average Bonchev–Trinajstić information content (AvgIpc) is 2.56. The van der Waals surface area contributed by atoms with Crippen molar-refractivity contribution in [3.05, 3.63) is 64.7 Å². The third kappa shape index (κ3) is 7.10. The molecular formula is C20H23ClN2O2S. The topological polar surface area (TPSA) is 58.2 Å². The Morgan fingerprint density at radius 3 is 2.19 bits per heavy atom. The third-order valence-corrected chi connectivity index (χ3v) is 4.59. The Morgan fingerprint density at radius 2 is 1.62 bits per heavy atom. The van der Waals surface area contributed by atoms with Crippen LogP contribution in [0.15, 0.2) is 48.5 Å². The number of hydrogen-bond acceptors (Lipinski definition) is 3. The first-order valence-electron chi connectivity index (χ1n) is 8.27. The highest BCUT2D eigenvalue weighted by Crippen LogP contribution is 2.16. The Balaban J connectivity index is 1.78.